The van der Waals surface area contributed by atoms with Crippen LogP contribution in [-0.2, 0) is 7.05 Å². The van der Waals surface area contributed by atoms with Crippen LogP contribution < -0.4 is 5.32 Å². The van der Waals surface area contributed by atoms with Gasteiger partial charge in [-0.1, -0.05) is 0 Å². The number of hydrogen-bond acceptors (Lipinski definition) is 2. The lowest BCUT2D eigenvalue weighted by Gasteiger charge is -2.26. The lowest BCUT2D eigenvalue weighted by molar-refractivity contribution is 0.143. The largest absolute Gasteiger partial charge is 0.315 e. The fraction of sp³-hybridized carbons (Fsp3) is 0.625. The SMILES string of the molecule is Cn1cc(C2CNC2)c(C(F)F)n1. The van der Waals surface area contributed by atoms with Crippen molar-refractivity contribution in [2.45, 2.75) is 12.3 Å². The van der Waals surface area contributed by atoms with Crippen LogP contribution in [0.5, 0.6) is 0 Å². The lowest BCUT2D eigenvalue weighted by Crippen LogP contribution is -2.40. The second-order valence-electron chi connectivity index (χ2n) is 3.30. The van der Waals surface area contributed by atoms with Crippen LogP contribution in [0.4, 0.5) is 8.78 Å². The predicted molar refractivity (Wildman–Crippen MR) is 43.8 cm³/mol. The zero-order valence-corrected chi connectivity index (χ0v) is 7.30. The summed E-state index contributed by atoms with van der Waals surface area (Å²) in [4.78, 5) is 0. The minimum Gasteiger partial charge on any atom is -0.315 e. The monoisotopic (exact) mass is 187 g/mol. The lowest BCUT2D eigenvalue weighted by atomic mass is 9.94. The first-order chi connectivity index (χ1) is 6.18. The number of halogens is 2. The molecule has 2 rings (SSSR count). The Morgan fingerprint density at radius 2 is 2.31 bits per heavy atom. The van der Waals surface area contributed by atoms with Crippen LogP contribution in [0, 0.1) is 0 Å². The molecule has 1 aliphatic heterocycles. The zero-order chi connectivity index (χ0) is 9.42. The number of nitrogens with one attached hydrogen (secondary N) is 1. The summed E-state index contributed by atoms with van der Waals surface area (Å²) in [7, 11) is 1.67. The van der Waals surface area contributed by atoms with E-state index in [-0.39, 0.29) is 11.6 Å². The van der Waals surface area contributed by atoms with Gasteiger partial charge in [-0.3, -0.25) is 4.68 Å². The maximum atomic E-state index is 12.5. The minimum absolute atomic E-state index is 0.0611. The third-order valence-corrected chi connectivity index (χ3v) is 2.32. The molecule has 0 amide bonds. The van der Waals surface area contributed by atoms with Gasteiger partial charge in [0.25, 0.3) is 6.43 Å². The fourth-order valence-electron chi connectivity index (χ4n) is 1.52. The van der Waals surface area contributed by atoms with Crippen LogP contribution in [0.15, 0.2) is 6.20 Å². The summed E-state index contributed by atoms with van der Waals surface area (Å²) >= 11 is 0. The van der Waals surface area contributed by atoms with Gasteiger partial charge in [0.2, 0.25) is 0 Å². The Morgan fingerprint density at radius 3 is 2.77 bits per heavy atom. The number of nitrogens with zero attached hydrogens (tertiary/aromatic N) is 2. The first kappa shape index (κ1) is 8.62. The number of aryl methyl sites for hydroxylation is 1. The van der Waals surface area contributed by atoms with Gasteiger partial charge in [-0.2, -0.15) is 5.10 Å². The molecular weight excluding hydrogens is 176 g/mol. The maximum absolute atomic E-state index is 12.5. The molecule has 3 nitrogen and oxygen atoms in total. The van der Waals surface area contributed by atoms with E-state index in [4.69, 9.17) is 0 Å². The van der Waals surface area contributed by atoms with Crippen LogP contribution in [0.25, 0.3) is 0 Å². The number of hydrogen-bond donors (Lipinski definition) is 1. The highest BCUT2D eigenvalue weighted by molar-refractivity contribution is 5.25. The smallest absolute Gasteiger partial charge is 0.282 e. The Morgan fingerprint density at radius 1 is 1.62 bits per heavy atom. The van der Waals surface area contributed by atoms with Crippen molar-refractivity contribution in [2.24, 2.45) is 7.05 Å². The zero-order valence-electron chi connectivity index (χ0n) is 7.30. The van der Waals surface area contributed by atoms with Crippen LogP contribution in [0.3, 0.4) is 0 Å². The fourth-order valence-corrected chi connectivity index (χ4v) is 1.52. The highest BCUT2D eigenvalue weighted by Gasteiger charge is 2.27. The molecule has 2 heterocycles. The van der Waals surface area contributed by atoms with Crippen molar-refractivity contribution in [3.8, 4) is 0 Å². The van der Waals surface area contributed by atoms with Crippen LogP contribution in [0.2, 0.25) is 0 Å². The van der Waals surface area contributed by atoms with Crippen molar-refractivity contribution < 1.29 is 8.78 Å². The molecule has 72 valence electrons. The van der Waals surface area contributed by atoms with E-state index in [9.17, 15) is 8.78 Å². The van der Waals surface area contributed by atoms with Crippen LogP contribution in [-0.4, -0.2) is 22.9 Å². The van der Waals surface area contributed by atoms with Crippen molar-refractivity contribution >= 4 is 0 Å². The third kappa shape index (κ3) is 1.44. The Bertz CT molecular complexity index is 304. The van der Waals surface area contributed by atoms with Gasteiger partial charge < -0.3 is 5.32 Å². The summed E-state index contributed by atoms with van der Waals surface area (Å²) in [5.41, 5.74) is 0.630. The number of rotatable bonds is 2. The Hall–Kier alpha value is -0.970. The third-order valence-electron chi connectivity index (χ3n) is 2.32. The molecule has 5 heteroatoms. The first-order valence-corrected chi connectivity index (χ1v) is 4.21. The van der Waals surface area contributed by atoms with Gasteiger partial charge >= 0.3 is 0 Å². The number of alkyl halides is 2. The summed E-state index contributed by atoms with van der Waals surface area (Å²) in [6.45, 7) is 1.57. The van der Waals surface area contributed by atoms with E-state index in [0.29, 0.717) is 5.56 Å². The van der Waals surface area contributed by atoms with E-state index in [1.165, 1.54) is 4.68 Å². The van der Waals surface area contributed by atoms with Gasteiger partial charge in [0.05, 0.1) is 0 Å². The maximum Gasteiger partial charge on any atom is 0.282 e. The Kier molecular flexibility index (Phi) is 2.03. The molecule has 1 saturated heterocycles. The summed E-state index contributed by atoms with van der Waals surface area (Å²) in [5.74, 6) is 0.220. The molecule has 0 bridgehead atoms. The first-order valence-electron chi connectivity index (χ1n) is 4.21. The van der Waals surface area contributed by atoms with E-state index in [2.05, 4.69) is 10.4 Å². The van der Waals surface area contributed by atoms with Crippen molar-refractivity contribution in [1.82, 2.24) is 15.1 Å². The summed E-state index contributed by atoms with van der Waals surface area (Å²) in [5, 5.41) is 6.81. The highest BCUT2D eigenvalue weighted by atomic mass is 19.3. The topological polar surface area (TPSA) is 29.9 Å². The second kappa shape index (κ2) is 3.06. The molecule has 1 aliphatic rings. The summed E-state index contributed by atoms with van der Waals surface area (Å²) < 4.78 is 26.4. The van der Waals surface area contributed by atoms with E-state index in [0.717, 1.165) is 13.1 Å². The molecule has 0 atom stereocenters. The second-order valence-corrected chi connectivity index (χ2v) is 3.30. The molecule has 1 fully saturated rings. The molecule has 0 spiro atoms. The van der Waals surface area contributed by atoms with E-state index < -0.39 is 6.43 Å². The molecule has 13 heavy (non-hydrogen) atoms. The van der Waals surface area contributed by atoms with Crippen molar-refractivity contribution in [1.29, 1.82) is 0 Å². The molecule has 0 saturated carbocycles. The average molecular weight is 187 g/mol. The molecule has 0 aliphatic carbocycles. The summed E-state index contributed by atoms with van der Waals surface area (Å²) in [6, 6.07) is 0. The van der Waals surface area contributed by atoms with Crippen LogP contribution in [0.1, 0.15) is 23.6 Å². The summed E-state index contributed by atoms with van der Waals surface area (Å²) in [6.07, 6.45) is -0.774. The van der Waals surface area contributed by atoms with Crippen LogP contribution >= 0.6 is 0 Å². The molecule has 0 unspecified atom stereocenters. The normalized spacial score (nSPS) is 17.8. The van der Waals surface area contributed by atoms with E-state index >= 15 is 0 Å². The Labute approximate surface area is 74.7 Å². The number of aromatic nitrogens is 2. The Balaban J connectivity index is 2.31. The molecule has 1 aromatic heterocycles. The van der Waals surface area contributed by atoms with Gasteiger partial charge in [-0.25, -0.2) is 8.78 Å². The molecular formula is C8H11F2N3. The minimum atomic E-state index is -2.46. The molecule has 0 aromatic carbocycles. The molecule has 0 radical (unpaired) electrons. The van der Waals surface area contributed by atoms with Gasteiger partial charge in [-0.05, 0) is 0 Å². The van der Waals surface area contributed by atoms with Gasteiger partial charge in [0, 0.05) is 37.8 Å². The van der Waals surface area contributed by atoms with E-state index in [1.54, 1.807) is 13.2 Å². The molecule has 1 aromatic rings. The highest BCUT2D eigenvalue weighted by Crippen LogP contribution is 2.28. The predicted octanol–water partition coefficient (Wildman–Crippen LogP) is 1.04. The van der Waals surface area contributed by atoms with Crippen molar-refractivity contribution in [3.05, 3.63) is 17.5 Å². The van der Waals surface area contributed by atoms with Crippen molar-refractivity contribution in [3.63, 3.8) is 0 Å². The average Bonchev–Trinajstić information content (AvgIpc) is 2.27. The van der Waals surface area contributed by atoms with Gasteiger partial charge in [-0.15, -0.1) is 0 Å². The molecule has 1 N–H and O–H groups in total. The standard InChI is InChI=1S/C8H11F2N3/c1-13-4-6(5-2-11-3-5)7(12-13)8(9)10/h4-5,8,11H,2-3H2,1H3. The van der Waals surface area contributed by atoms with Crippen molar-refractivity contribution in [2.75, 3.05) is 13.1 Å². The quantitative estimate of drug-likeness (QED) is 0.749. The van der Waals surface area contributed by atoms with E-state index in [1.807, 2.05) is 0 Å². The van der Waals surface area contributed by atoms with Gasteiger partial charge in [0.1, 0.15) is 5.69 Å². The van der Waals surface area contributed by atoms with Gasteiger partial charge in [0.15, 0.2) is 0 Å².